The normalized spacial score (nSPS) is 13.5. The molecule has 7 heteroatoms. The second-order valence-electron chi connectivity index (χ2n) is 4.83. The highest BCUT2D eigenvalue weighted by Crippen LogP contribution is 2.27. The van der Waals surface area contributed by atoms with E-state index in [4.69, 9.17) is 0 Å². The summed E-state index contributed by atoms with van der Waals surface area (Å²) in [4.78, 5) is 10.0. The van der Waals surface area contributed by atoms with E-state index in [1.165, 1.54) is 12.1 Å². The fourth-order valence-electron chi connectivity index (χ4n) is 1.57. The van der Waals surface area contributed by atoms with Gasteiger partial charge in [-0.05, 0) is 25.3 Å². The second-order valence-corrected chi connectivity index (χ2v) is 6.49. The molecule has 0 bridgehead atoms. The molecular formula is C12H18N2O4S. The highest BCUT2D eigenvalue weighted by atomic mass is 32.2. The lowest BCUT2D eigenvalue weighted by Crippen LogP contribution is -2.36. The lowest BCUT2D eigenvalue weighted by Gasteiger charge is -2.18. The summed E-state index contributed by atoms with van der Waals surface area (Å²) in [5.41, 5.74) is -0.0406. The Morgan fingerprint density at radius 3 is 2.32 bits per heavy atom. The van der Waals surface area contributed by atoms with Crippen molar-refractivity contribution in [1.29, 1.82) is 0 Å². The van der Waals surface area contributed by atoms with Gasteiger partial charge in [0.15, 0.2) is 4.90 Å². The number of hydrogen-bond acceptors (Lipinski definition) is 4. The molecule has 106 valence electrons. The summed E-state index contributed by atoms with van der Waals surface area (Å²) in [6.45, 7) is 7.02. The lowest BCUT2D eigenvalue weighted by molar-refractivity contribution is -0.387. The Bertz CT molecular complexity index is 581. The first-order valence-corrected chi connectivity index (χ1v) is 7.41. The zero-order valence-corrected chi connectivity index (χ0v) is 12.2. The van der Waals surface area contributed by atoms with Gasteiger partial charge in [-0.1, -0.05) is 26.0 Å². The Hall–Kier alpha value is -1.47. The van der Waals surface area contributed by atoms with Crippen molar-refractivity contribution in [2.75, 3.05) is 0 Å². The van der Waals surface area contributed by atoms with Crippen LogP contribution in [-0.4, -0.2) is 19.4 Å². The van der Waals surface area contributed by atoms with Crippen LogP contribution in [0.15, 0.2) is 23.1 Å². The number of hydrogen-bond donors (Lipinski definition) is 1. The van der Waals surface area contributed by atoms with Crippen LogP contribution in [0.1, 0.15) is 26.3 Å². The third-order valence-corrected chi connectivity index (χ3v) is 4.75. The summed E-state index contributed by atoms with van der Waals surface area (Å²) in [6.07, 6.45) is 0. The van der Waals surface area contributed by atoms with Gasteiger partial charge in [-0.3, -0.25) is 10.1 Å². The minimum atomic E-state index is -3.90. The maximum atomic E-state index is 12.3. The van der Waals surface area contributed by atoms with Crippen molar-refractivity contribution in [2.24, 2.45) is 5.92 Å². The van der Waals surface area contributed by atoms with Gasteiger partial charge in [0.1, 0.15) is 0 Å². The largest absolute Gasteiger partial charge is 0.289 e. The molecule has 0 aliphatic heterocycles. The minimum Gasteiger partial charge on any atom is -0.258 e. The van der Waals surface area contributed by atoms with E-state index in [-0.39, 0.29) is 16.9 Å². The summed E-state index contributed by atoms with van der Waals surface area (Å²) in [5.74, 6) is 0.0952. The van der Waals surface area contributed by atoms with Crippen molar-refractivity contribution in [1.82, 2.24) is 4.72 Å². The van der Waals surface area contributed by atoms with Crippen LogP contribution in [0.4, 0.5) is 5.69 Å². The molecular weight excluding hydrogens is 268 g/mol. The molecule has 0 unspecified atom stereocenters. The van der Waals surface area contributed by atoms with Crippen molar-refractivity contribution in [3.8, 4) is 0 Å². The van der Waals surface area contributed by atoms with Crippen molar-refractivity contribution in [2.45, 2.75) is 38.6 Å². The van der Waals surface area contributed by atoms with Crippen LogP contribution in [0.2, 0.25) is 0 Å². The predicted molar refractivity (Wildman–Crippen MR) is 72.5 cm³/mol. The standard InChI is InChI=1S/C12H18N2O4S/c1-8(2)10(4)13-19(17,18)12-9(3)6-5-7-11(12)14(15)16/h5-8,10,13H,1-4H3/t10-/m0/s1. The molecule has 19 heavy (non-hydrogen) atoms. The fourth-order valence-corrected chi connectivity index (χ4v) is 3.36. The highest BCUT2D eigenvalue weighted by Gasteiger charge is 2.29. The van der Waals surface area contributed by atoms with Crippen LogP contribution in [0.5, 0.6) is 0 Å². The van der Waals surface area contributed by atoms with Gasteiger partial charge in [0.05, 0.1) is 4.92 Å². The summed E-state index contributed by atoms with van der Waals surface area (Å²) < 4.78 is 27.0. The predicted octanol–water partition coefficient (Wildman–Crippen LogP) is 2.23. The quantitative estimate of drug-likeness (QED) is 0.664. The maximum absolute atomic E-state index is 12.3. The van der Waals surface area contributed by atoms with E-state index < -0.39 is 20.6 Å². The molecule has 0 aliphatic rings. The van der Waals surface area contributed by atoms with E-state index >= 15 is 0 Å². The second kappa shape index (κ2) is 5.66. The molecule has 0 amide bonds. The van der Waals surface area contributed by atoms with Gasteiger partial charge in [-0.15, -0.1) is 0 Å². The number of rotatable bonds is 5. The molecule has 0 spiro atoms. The van der Waals surface area contributed by atoms with Crippen LogP contribution in [0.25, 0.3) is 0 Å². The molecule has 1 atom stereocenters. The van der Waals surface area contributed by atoms with Crippen molar-refractivity contribution in [3.63, 3.8) is 0 Å². The Morgan fingerprint density at radius 2 is 1.84 bits per heavy atom. The number of aryl methyl sites for hydroxylation is 1. The average Bonchev–Trinajstić information content (AvgIpc) is 2.27. The van der Waals surface area contributed by atoms with Crippen molar-refractivity contribution in [3.05, 3.63) is 33.9 Å². The van der Waals surface area contributed by atoms with E-state index in [0.29, 0.717) is 5.56 Å². The summed E-state index contributed by atoms with van der Waals surface area (Å²) in [7, 11) is -3.90. The summed E-state index contributed by atoms with van der Waals surface area (Å²) in [6, 6.07) is 3.91. The molecule has 0 saturated heterocycles. The van der Waals surface area contributed by atoms with Gasteiger partial charge >= 0.3 is 0 Å². The van der Waals surface area contributed by atoms with Gasteiger partial charge < -0.3 is 0 Å². The number of nitrogens with zero attached hydrogens (tertiary/aromatic N) is 1. The van der Waals surface area contributed by atoms with Crippen molar-refractivity contribution < 1.29 is 13.3 Å². The Kier molecular flexibility index (Phi) is 4.65. The van der Waals surface area contributed by atoms with Gasteiger partial charge in [0.25, 0.3) is 5.69 Å². The fraction of sp³-hybridized carbons (Fsp3) is 0.500. The summed E-state index contributed by atoms with van der Waals surface area (Å²) >= 11 is 0. The topological polar surface area (TPSA) is 89.3 Å². The molecule has 0 heterocycles. The molecule has 6 nitrogen and oxygen atoms in total. The first-order valence-electron chi connectivity index (χ1n) is 5.93. The average molecular weight is 286 g/mol. The molecule has 1 rings (SSSR count). The summed E-state index contributed by atoms with van der Waals surface area (Å²) in [5, 5.41) is 11.0. The zero-order valence-electron chi connectivity index (χ0n) is 11.4. The van der Waals surface area contributed by atoms with Crippen LogP contribution >= 0.6 is 0 Å². The SMILES string of the molecule is Cc1cccc([N+](=O)[O-])c1S(=O)(=O)N[C@@H](C)C(C)C. The Morgan fingerprint density at radius 1 is 1.26 bits per heavy atom. The monoisotopic (exact) mass is 286 g/mol. The van der Waals surface area contributed by atoms with Crippen LogP contribution in [0, 0.1) is 23.0 Å². The van der Waals surface area contributed by atoms with Crippen LogP contribution in [-0.2, 0) is 10.0 Å². The van der Waals surface area contributed by atoms with Gasteiger partial charge in [-0.25, -0.2) is 13.1 Å². The van der Waals surface area contributed by atoms with Gasteiger partial charge in [0, 0.05) is 12.1 Å². The Labute approximate surface area is 113 Å². The zero-order chi connectivity index (χ0) is 14.8. The number of sulfonamides is 1. The van der Waals surface area contributed by atoms with E-state index in [9.17, 15) is 18.5 Å². The van der Waals surface area contributed by atoms with Crippen LogP contribution in [0.3, 0.4) is 0 Å². The van der Waals surface area contributed by atoms with Gasteiger partial charge in [-0.2, -0.15) is 0 Å². The molecule has 1 aromatic rings. The number of nitrogens with one attached hydrogen (secondary N) is 1. The lowest BCUT2D eigenvalue weighted by atomic mass is 10.1. The minimum absolute atomic E-state index is 0.0952. The van der Waals surface area contributed by atoms with Gasteiger partial charge in [0.2, 0.25) is 10.0 Å². The molecule has 0 aliphatic carbocycles. The maximum Gasteiger partial charge on any atom is 0.289 e. The smallest absolute Gasteiger partial charge is 0.258 e. The highest BCUT2D eigenvalue weighted by molar-refractivity contribution is 7.89. The third-order valence-electron chi connectivity index (χ3n) is 3.00. The first-order chi connectivity index (χ1) is 8.66. The molecule has 0 aromatic heterocycles. The Balaban J connectivity index is 3.33. The molecule has 0 radical (unpaired) electrons. The third kappa shape index (κ3) is 3.51. The molecule has 1 N–H and O–H groups in total. The van der Waals surface area contributed by atoms with Crippen molar-refractivity contribution >= 4 is 15.7 Å². The number of benzene rings is 1. The first kappa shape index (κ1) is 15.6. The molecule has 0 fully saturated rings. The van der Waals surface area contributed by atoms with E-state index in [2.05, 4.69) is 4.72 Å². The molecule has 1 aromatic carbocycles. The number of nitro benzene ring substituents is 1. The molecule has 0 saturated carbocycles. The van der Waals surface area contributed by atoms with Crippen LogP contribution < -0.4 is 4.72 Å². The van der Waals surface area contributed by atoms with E-state index in [1.54, 1.807) is 19.9 Å². The van der Waals surface area contributed by atoms with E-state index in [0.717, 1.165) is 0 Å². The van der Waals surface area contributed by atoms with E-state index in [1.807, 2.05) is 13.8 Å². The number of nitro groups is 1.